The van der Waals surface area contributed by atoms with Crippen molar-refractivity contribution in [3.8, 4) is 0 Å². The van der Waals surface area contributed by atoms with E-state index in [9.17, 15) is 14.9 Å². The van der Waals surface area contributed by atoms with Gasteiger partial charge in [-0.2, -0.15) is 0 Å². The Bertz CT molecular complexity index is 492. The van der Waals surface area contributed by atoms with E-state index in [4.69, 9.17) is 0 Å². The van der Waals surface area contributed by atoms with Gasteiger partial charge in [0.1, 0.15) is 0 Å². The predicted octanol–water partition coefficient (Wildman–Crippen LogP) is 3.13. The number of non-ortho nitro benzene ring substituents is 1. The Labute approximate surface area is 118 Å². The Kier molecular flexibility index (Phi) is 4.37. The van der Waals surface area contributed by atoms with Gasteiger partial charge in [-0.1, -0.05) is 18.6 Å². The van der Waals surface area contributed by atoms with Gasteiger partial charge in [-0.3, -0.25) is 14.9 Å². The zero-order valence-electron chi connectivity index (χ0n) is 11.9. The van der Waals surface area contributed by atoms with Crippen molar-refractivity contribution in [1.82, 2.24) is 4.90 Å². The topological polar surface area (TPSA) is 63.4 Å². The molecule has 1 aromatic carbocycles. The van der Waals surface area contributed by atoms with E-state index >= 15 is 0 Å². The summed E-state index contributed by atoms with van der Waals surface area (Å²) in [7, 11) is 0. The lowest BCUT2D eigenvalue weighted by atomic mass is 9.84. The van der Waals surface area contributed by atoms with Crippen LogP contribution in [0.3, 0.4) is 0 Å². The number of nitro groups is 1. The first kappa shape index (κ1) is 14.5. The van der Waals surface area contributed by atoms with E-state index in [1.54, 1.807) is 12.1 Å². The molecule has 0 saturated heterocycles. The average Bonchev–Trinajstić information content (AvgIpc) is 2.33. The van der Waals surface area contributed by atoms with Gasteiger partial charge < -0.3 is 4.90 Å². The second kappa shape index (κ2) is 6.03. The van der Waals surface area contributed by atoms with Crippen LogP contribution in [0.5, 0.6) is 0 Å². The molecule has 108 valence electrons. The first-order chi connectivity index (χ1) is 9.49. The van der Waals surface area contributed by atoms with Crippen LogP contribution in [-0.4, -0.2) is 21.8 Å². The smallest absolute Gasteiger partial charge is 0.269 e. The Hall–Kier alpha value is -1.91. The molecule has 1 saturated carbocycles. The van der Waals surface area contributed by atoms with E-state index in [-0.39, 0.29) is 23.6 Å². The van der Waals surface area contributed by atoms with E-state index in [0.717, 1.165) is 24.8 Å². The third-order valence-electron chi connectivity index (χ3n) is 3.86. The van der Waals surface area contributed by atoms with Gasteiger partial charge in [0.2, 0.25) is 5.91 Å². The number of carbonyl (C=O) groups excluding carboxylic acids is 1. The number of hydrogen-bond donors (Lipinski definition) is 0. The summed E-state index contributed by atoms with van der Waals surface area (Å²) >= 11 is 0. The van der Waals surface area contributed by atoms with Gasteiger partial charge in [0.15, 0.2) is 0 Å². The fraction of sp³-hybridized carbons (Fsp3) is 0.533. The maximum atomic E-state index is 12.4. The van der Waals surface area contributed by atoms with Crippen molar-refractivity contribution in [3.63, 3.8) is 0 Å². The Balaban J connectivity index is 2.07. The van der Waals surface area contributed by atoms with Crippen LogP contribution in [-0.2, 0) is 11.3 Å². The number of hydrogen-bond acceptors (Lipinski definition) is 3. The highest BCUT2D eigenvalue weighted by atomic mass is 16.6. The molecule has 0 aliphatic heterocycles. The van der Waals surface area contributed by atoms with Gasteiger partial charge in [-0.05, 0) is 32.3 Å². The summed E-state index contributed by atoms with van der Waals surface area (Å²) < 4.78 is 0. The summed E-state index contributed by atoms with van der Waals surface area (Å²) in [5.74, 6) is 0.389. The van der Waals surface area contributed by atoms with Crippen LogP contribution in [0.4, 0.5) is 5.69 Å². The molecule has 1 amide bonds. The molecular weight excluding hydrogens is 256 g/mol. The zero-order valence-corrected chi connectivity index (χ0v) is 11.9. The van der Waals surface area contributed by atoms with Crippen LogP contribution in [0, 0.1) is 16.0 Å². The van der Waals surface area contributed by atoms with Gasteiger partial charge in [0.25, 0.3) is 5.69 Å². The number of amides is 1. The van der Waals surface area contributed by atoms with Gasteiger partial charge >= 0.3 is 0 Å². The third-order valence-corrected chi connectivity index (χ3v) is 3.86. The minimum Gasteiger partial charge on any atom is -0.336 e. The molecule has 0 N–H and O–H groups in total. The lowest BCUT2D eigenvalue weighted by Crippen LogP contribution is -2.42. The molecule has 0 radical (unpaired) electrons. The maximum absolute atomic E-state index is 12.4. The SMILES string of the molecule is CC(C)N(Cc1ccc([N+](=O)[O-])cc1)C(=O)C1CCC1. The molecule has 0 bridgehead atoms. The minimum absolute atomic E-state index is 0.0789. The van der Waals surface area contributed by atoms with Crippen molar-refractivity contribution in [2.45, 2.75) is 45.7 Å². The van der Waals surface area contributed by atoms with E-state index in [0.29, 0.717) is 6.54 Å². The molecule has 1 aromatic rings. The molecule has 5 heteroatoms. The maximum Gasteiger partial charge on any atom is 0.269 e. The van der Waals surface area contributed by atoms with Gasteiger partial charge in [0, 0.05) is 30.6 Å². The molecule has 1 aliphatic rings. The molecule has 20 heavy (non-hydrogen) atoms. The molecule has 2 rings (SSSR count). The normalized spacial score (nSPS) is 14.9. The first-order valence-corrected chi connectivity index (χ1v) is 7.03. The summed E-state index contributed by atoms with van der Waals surface area (Å²) in [6, 6.07) is 6.56. The molecule has 0 aromatic heterocycles. The van der Waals surface area contributed by atoms with Crippen LogP contribution in [0.2, 0.25) is 0 Å². The molecule has 0 atom stereocenters. The minimum atomic E-state index is -0.413. The second-order valence-corrected chi connectivity index (χ2v) is 5.61. The number of nitro benzene ring substituents is 1. The summed E-state index contributed by atoms with van der Waals surface area (Å²) in [4.78, 5) is 24.4. The average molecular weight is 276 g/mol. The monoisotopic (exact) mass is 276 g/mol. The van der Waals surface area contributed by atoms with Crippen LogP contribution in [0.15, 0.2) is 24.3 Å². The van der Waals surface area contributed by atoms with Crippen molar-refractivity contribution in [1.29, 1.82) is 0 Å². The molecular formula is C15H20N2O3. The predicted molar refractivity (Wildman–Crippen MR) is 76.1 cm³/mol. The van der Waals surface area contributed by atoms with Crippen LogP contribution < -0.4 is 0 Å². The Morgan fingerprint density at radius 1 is 1.35 bits per heavy atom. The molecule has 0 unspecified atom stereocenters. The lowest BCUT2D eigenvalue weighted by molar-refractivity contribution is -0.384. The zero-order chi connectivity index (χ0) is 14.7. The largest absolute Gasteiger partial charge is 0.336 e. The summed E-state index contributed by atoms with van der Waals surface area (Å²) in [5, 5.41) is 10.6. The molecule has 0 spiro atoms. The van der Waals surface area contributed by atoms with Crippen LogP contribution >= 0.6 is 0 Å². The number of benzene rings is 1. The number of rotatable bonds is 5. The number of nitrogens with zero attached hydrogens (tertiary/aromatic N) is 2. The van der Waals surface area contributed by atoms with E-state index in [2.05, 4.69) is 0 Å². The van der Waals surface area contributed by atoms with Crippen LogP contribution in [0.1, 0.15) is 38.7 Å². The lowest BCUT2D eigenvalue weighted by Gasteiger charge is -2.34. The highest BCUT2D eigenvalue weighted by Gasteiger charge is 2.30. The molecule has 1 aliphatic carbocycles. The van der Waals surface area contributed by atoms with Crippen molar-refractivity contribution in [2.75, 3.05) is 0 Å². The standard InChI is InChI=1S/C15H20N2O3/c1-11(2)16(15(18)13-4-3-5-13)10-12-6-8-14(9-7-12)17(19)20/h6-9,11,13H,3-5,10H2,1-2H3. The molecule has 1 fully saturated rings. The highest BCUT2D eigenvalue weighted by molar-refractivity contribution is 5.79. The third kappa shape index (κ3) is 3.15. The van der Waals surface area contributed by atoms with E-state index < -0.39 is 4.92 Å². The number of carbonyl (C=O) groups is 1. The van der Waals surface area contributed by atoms with Gasteiger partial charge in [0.05, 0.1) is 4.92 Å². The van der Waals surface area contributed by atoms with Crippen molar-refractivity contribution < 1.29 is 9.72 Å². The van der Waals surface area contributed by atoms with Crippen molar-refractivity contribution >= 4 is 11.6 Å². The second-order valence-electron chi connectivity index (χ2n) is 5.61. The van der Waals surface area contributed by atoms with E-state index in [1.165, 1.54) is 12.1 Å². The van der Waals surface area contributed by atoms with Gasteiger partial charge in [-0.15, -0.1) is 0 Å². The molecule has 5 nitrogen and oxygen atoms in total. The Morgan fingerprint density at radius 2 is 1.95 bits per heavy atom. The summed E-state index contributed by atoms with van der Waals surface area (Å²) in [6.07, 6.45) is 3.12. The van der Waals surface area contributed by atoms with Crippen molar-refractivity contribution in [2.24, 2.45) is 5.92 Å². The van der Waals surface area contributed by atoms with E-state index in [1.807, 2.05) is 18.7 Å². The molecule has 0 heterocycles. The fourth-order valence-corrected chi connectivity index (χ4v) is 2.32. The fourth-order valence-electron chi connectivity index (χ4n) is 2.32. The van der Waals surface area contributed by atoms with Crippen LogP contribution in [0.25, 0.3) is 0 Å². The Morgan fingerprint density at radius 3 is 2.35 bits per heavy atom. The quantitative estimate of drug-likeness (QED) is 0.613. The summed E-state index contributed by atoms with van der Waals surface area (Å²) in [5.41, 5.74) is 1.01. The first-order valence-electron chi connectivity index (χ1n) is 7.03. The van der Waals surface area contributed by atoms with Gasteiger partial charge in [-0.25, -0.2) is 0 Å². The highest BCUT2D eigenvalue weighted by Crippen LogP contribution is 2.29. The van der Waals surface area contributed by atoms with Crippen molar-refractivity contribution in [3.05, 3.63) is 39.9 Å². The summed E-state index contributed by atoms with van der Waals surface area (Å²) in [6.45, 7) is 4.52.